The van der Waals surface area contributed by atoms with Crippen LogP contribution in [0.5, 0.6) is 5.75 Å². The summed E-state index contributed by atoms with van der Waals surface area (Å²) in [5.41, 5.74) is 3.77. The van der Waals surface area contributed by atoms with Gasteiger partial charge in [-0.1, -0.05) is 43.7 Å². The molecule has 1 saturated heterocycles. The summed E-state index contributed by atoms with van der Waals surface area (Å²) in [7, 11) is 0. The van der Waals surface area contributed by atoms with Gasteiger partial charge in [-0.2, -0.15) is 0 Å². The van der Waals surface area contributed by atoms with Gasteiger partial charge in [0.15, 0.2) is 6.61 Å². The zero-order valence-electron chi connectivity index (χ0n) is 15.9. The summed E-state index contributed by atoms with van der Waals surface area (Å²) in [4.78, 5) is 16.6. The predicted molar refractivity (Wildman–Crippen MR) is 106 cm³/mol. The van der Waals surface area contributed by atoms with Crippen molar-refractivity contribution in [3.05, 3.63) is 59.7 Å². The topological polar surface area (TPSA) is 32.8 Å². The van der Waals surface area contributed by atoms with Crippen LogP contribution in [0.3, 0.4) is 0 Å². The second-order valence-electron chi connectivity index (χ2n) is 7.22. The Balaban J connectivity index is 1.48. The second-order valence-corrected chi connectivity index (χ2v) is 7.22. The van der Waals surface area contributed by atoms with Gasteiger partial charge in [-0.25, -0.2) is 0 Å². The van der Waals surface area contributed by atoms with Crippen molar-refractivity contribution in [3.8, 4) is 5.75 Å². The van der Waals surface area contributed by atoms with Crippen LogP contribution in [-0.2, 0) is 4.79 Å². The summed E-state index contributed by atoms with van der Waals surface area (Å²) in [6.07, 6.45) is 0. The Kier molecular flexibility index (Phi) is 5.82. The molecule has 138 valence electrons. The smallest absolute Gasteiger partial charge is 0.260 e. The molecular formula is C22H28N2O2. The molecule has 0 saturated carbocycles. The molecule has 1 heterocycles. The first-order chi connectivity index (χ1) is 12.5. The van der Waals surface area contributed by atoms with Crippen LogP contribution < -0.4 is 9.64 Å². The number of piperazine rings is 1. The molecule has 1 fully saturated rings. The van der Waals surface area contributed by atoms with Crippen molar-refractivity contribution in [2.45, 2.75) is 26.7 Å². The van der Waals surface area contributed by atoms with Crippen molar-refractivity contribution in [2.24, 2.45) is 0 Å². The Morgan fingerprint density at radius 3 is 2.15 bits per heavy atom. The quantitative estimate of drug-likeness (QED) is 0.819. The van der Waals surface area contributed by atoms with Crippen LogP contribution in [-0.4, -0.2) is 43.6 Å². The van der Waals surface area contributed by atoms with Crippen molar-refractivity contribution in [2.75, 3.05) is 37.7 Å². The molecule has 1 aliphatic rings. The molecule has 0 aliphatic carbocycles. The van der Waals surface area contributed by atoms with E-state index in [0.29, 0.717) is 5.92 Å². The van der Waals surface area contributed by atoms with Crippen molar-refractivity contribution in [3.63, 3.8) is 0 Å². The third kappa shape index (κ3) is 4.57. The van der Waals surface area contributed by atoms with Gasteiger partial charge in [0.2, 0.25) is 0 Å². The van der Waals surface area contributed by atoms with E-state index in [1.807, 2.05) is 36.1 Å². The van der Waals surface area contributed by atoms with Crippen LogP contribution >= 0.6 is 0 Å². The number of nitrogens with zero attached hydrogens (tertiary/aromatic N) is 2. The predicted octanol–water partition coefficient (Wildman–Crippen LogP) is 3.85. The summed E-state index contributed by atoms with van der Waals surface area (Å²) < 4.78 is 5.62. The van der Waals surface area contributed by atoms with Gasteiger partial charge in [-0.3, -0.25) is 4.79 Å². The molecule has 2 aromatic rings. The van der Waals surface area contributed by atoms with Crippen LogP contribution in [0.15, 0.2) is 48.5 Å². The fourth-order valence-electron chi connectivity index (χ4n) is 3.15. The SMILES string of the molecule is Cc1ccc(OCC(=O)N2CCN(c3ccc(C(C)C)cc3)CC2)cc1. The van der Waals surface area contributed by atoms with E-state index in [-0.39, 0.29) is 12.5 Å². The minimum atomic E-state index is 0.0559. The number of hydrogen-bond donors (Lipinski definition) is 0. The average molecular weight is 352 g/mol. The number of amides is 1. The molecule has 4 nitrogen and oxygen atoms in total. The molecular weight excluding hydrogens is 324 g/mol. The lowest BCUT2D eigenvalue weighted by molar-refractivity contribution is -0.133. The summed E-state index contributed by atoms with van der Waals surface area (Å²) in [6, 6.07) is 16.6. The first kappa shape index (κ1) is 18.3. The molecule has 1 amide bonds. The minimum absolute atomic E-state index is 0.0559. The Hall–Kier alpha value is -2.49. The van der Waals surface area contributed by atoms with Crippen molar-refractivity contribution in [1.82, 2.24) is 4.90 Å². The van der Waals surface area contributed by atoms with Crippen LogP contribution in [0.2, 0.25) is 0 Å². The third-order valence-corrected chi connectivity index (χ3v) is 4.94. The highest BCUT2D eigenvalue weighted by atomic mass is 16.5. The fraction of sp³-hybridized carbons (Fsp3) is 0.409. The number of carbonyl (C=O) groups excluding carboxylic acids is 1. The lowest BCUT2D eigenvalue weighted by atomic mass is 10.0. The first-order valence-electron chi connectivity index (χ1n) is 9.35. The molecule has 26 heavy (non-hydrogen) atoms. The number of carbonyl (C=O) groups is 1. The maximum Gasteiger partial charge on any atom is 0.260 e. The molecule has 0 aromatic heterocycles. The van der Waals surface area contributed by atoms with Gasteiger partial charge in [0.1, 0.15) is 5.75 Å². The van der Waals surface area contributed by atoms with E-state index >= 15 is 0 Å². The number of benzene rings is 2. The maximum absolute atomic E-state index is 12.4. The number of hydrogen-bond acceptors (Lipinski definition) is 3. The maximum atomic E-state index is 12.4. The van der Waals surface area contributed by atoms with E-state index in [4.69, 9.17) is 4.74 Å². The molecule has 1 aliphatic heterocycles. The molecule has 0 spiro atoms. The minimum Gasteiger partial charge on any atom is -0.484 e. The highest BCUT2D eigenvalue weighted by molar-refractivity contribution is 5.78. The lowest BCUT2D eigenvalue weighted by Gasteiger charge is -2.36. The molecule has 3 rings (SSSR count). The van der Waals surface area contributed by atoms with Crippen molar-refractivity contribution < 1.29 is 9.53 Å². The number of ether oxygens (including phenoxy) is 1. The Morgan fingerprint density at radius 2 is 1.58 bits per heavy atom. The van der Waals surface area contributed by atoms with Gasteiger partial charge in [-0.15, -0.1) is 0 Å². The molecule has 0 atom stereocenters. The first-order valence-corrected chi connectivity index (χ1v) is 9.35. The van der Waals surface area contributed by atoms with Gasteiger partial charge in [-0.05, 0) is 42.7 Å². The van der Waals surface area contributed by atoms with E-state index in [1.165, 1.54) is 16.8 Å². The van der Waals surface area contributed by atoms with Crippen LogP contribution in [0.25, 0.3) is 0 Å². The zero-order valence-corrected chi connectivity index (χ0v) is 15.9. The Morgan fingerprint density at radius 1 is 0.962 bits per heavy atom. The van der Waals surface area contributed by atoms with E-state index in [0.717, 1.165) is 31.9 Å². The fourth-order valence-corrected chi connectivity index (χ4v) is 3.15. The molecule has 2 aromatic carbocycles. The molecule has 0 bridgehead atoms. The van der Waals surface area contributed by atoms with E-state index in [9.17, 15) is 4.79 Å². The highest BCUT2D eigenvalue weighted by Crippen LogP contribution is 2.21. The van der Waals surface area contributed by atoms with Crippen LogP contribution in [0, 0.1) is 6.92 Å². The average Bonchev–Trinajstić information content (AvgIpc) is 2.67. The third-order valence-electron chi connectivity index (χ3n) is 4.94. The summed E-state index contributed by atoms with van der Waals surface area (Å²) >= 11 is 0. The monoisotopic (exact) mass is 352 g/mol. The Labute approximate surface area is 156 Å². The normalized spacial score (nSPS) is 14.6. The van der Waals surface area contributed by atoms with E-state index < -0.39 is 0 Å². The van der Waals surface area contributed by atoms with Gasteiger partial charge in [0.25, 0.3) is 5.91 Å². The van der Waals surface area contributed by atoms with Crippen molar-refractivity contribution in [1.29, 1.82) is 0 Å². The van der Waals surface area contributed by atoms with Crippen molar-refractivity contribution >= 4 is 11.6 Å². The zero-order chi connectivity index (χ0) is 18.5. The number of aryl methyl sites for hydroxylation is 1. The van der Waals surface area contributed by atoms with Gasteiger partial charge >= 0.3 is 0 Å². The number of anilines is 1. The van der Waals surface area contributed by atoms with Gasteiger partial charge in [0.05, 0.1) is 0 Å². The molecule has 0 unspecified atom stereocenters. The molecule has 4 heteroatoms. The molecule has 0 radical (unpaired) electrons. The largest absolute Gasteiger partial charge is 0.484 e. The molecule has 0 N–H and O–H groups in total. The van der Waals surface area contributed by atoms with Crippen LogP contribution in [0.4, 0.5) is 5.69 Å². The standard InChI is InChI=1S/C22H28N2O2/c1-17(2)19-6-8-20(9-7-19)23-12-14-24(15-13-23)22(25)16-26-21-10-4-18(3)5-11-21/h4-11,17H,12-16H2,1-3H3. The van der Waals surface area contributed by atoms with Crippen LogP contribution in [0.1, 0.15) is 30.9 Å². The summed E-state index contributed by atoms with van der Waals surface area (Å²) in [6.45, 7) is 9.74. The number of rotatable bonds is 5. The Bertz CT molecular complexity index is 715. The van der Waals surface area contributed by atoms with Gasteiger partial charge in [0, 0.05) is 31.9 Å². The lowest BCUT2D eigenvalue weighted by Crippen LogP contribution is -2.50. The highest BCUT2D eigenvalue weighted by Gasteiger charge is 2.21. The van der Waals surface area contributed by atoms with E-state index in [2.05, 4.69) is 43.0 Å². The van der Waals surface area contributed by atoms with Gasteiger partial charge < -0.3 is 14.5 Å². The summed E-state index contributed by atoms with van der Waals surface area (Å²) in [5, 5.41) is 0. The van der Waals surface area contributed by atoms with E-state index in [1.54, 1.807) is 0 Å². The summed E-state index contributed by atoms with van der Waals surface area (Å²) in [5.74, 6) is 1.35. The second kappa shape index (κ2) is 8.26.